The quantitative estimate of drug-likeness (QED) is 0.869. The van der Waals surface area contributed by atoms with Crippen molar-refractivity contribution < 1.29 is 4.74 Å². The molecule has 0 radical (unpaired) electrons. The molecule has 0 aromatic heterocycles. The van der Waals surface area contributed by atoms with Gasteiger partial charge in [0.05, 0.1) is 7.11 Å². The molecule has 0 bridgehead atoms. The smallest absolute Gasteiger partial charge is 0.123 e. The molecule has 2 rings (SSSR count). The van der Waals surface area contributed by atoms with Crippen molar-refractivity contribution >= 4 is 0 Å². The van der Waals surface area contributed by atoms with Crippen LogP contribution in [0.5, 0.6) is 5.75 Å². The topological polar surface area (TPSA) is 38.5 Å². The third-order valence-electron chi connectivity index (χ3n) is 3.92. The lowest BCUT2D eigenvalue weighted by atomic mass is 10.1. The average molecular weight is 248 g/mol. The summed E-state index contributed by atoms with van der Waals surface area (Å²) in [6, 6.07) is 6.25. The van der Waals surface area contributed by atoms with Crippen LogP contribution in [-0.2, 0) is 13.1 Å². The fraction of sp³-hybridized carbons (Fsp3) is 0.600. The highest BCUT2D eigenvalue weighted by Gasteiger charge is 2.21. The fourth-order valence-corrected chi connectivity index (χ4v) is 2.71. The Bertz CT molecular complexity index is 392. The first kappa shape index (κ1) is 13.4. The molecule has 18 heavy (non-hydrogen) atoms. The lowest BCUT2D eigenvalue weighted by Crippen LogP contribution is -2.20. The van der Waals surface area contributed by atoms with Crippen molar-refractivity contribution in [3.05, 3.63) is 29.3 Å². The molecule has 0 spiro atoms. The number of ether oxygens (including phenoxy) is 1. The molecular formula is C15H24N2O. The van der Waals surface area contributed by atoms with Crippen molar-refractivity contribution in [3.63, 3.8) is 0 Å². The van der Waals surface area contributed by atoms with Gasteiger partial charge in [0.25, 0.3) is 0 Å². The number of methoxy groups -OCH3 is 1. The van der Waals surface area contributed by atoms with E-state index in [0.717, 1.165) is 18.2 Å². The van der Waals surface area contributed by atoms with E-state index >= 15 is 0 Å². The third-order valence-corrected chi connectivity index (χ3v) is 3.92. The lowest BCUT2D eigenvalue weighted by Gasteiger charge is -2.18. The van der Waals surface area contributed by atoms with Gasteiger partial charge in [-0.2, -0.15) is 0 Å². The van der Waals surface area contributed by atoms with Crippen molar-refractivity contribution in [3.8, 4) is 5.75 Å². The van der Waals surface area contributed by atoms with E-state index in [0.29, 0.717) is 6.54 Å². The zero-order chi connectivity index (χ0) is 13.0. The number of hydrogen-bond acceptors (Lipinski definition) is 3. The van der Waals surface area contributed by atoms with E-state index in [1.54, 1.807) is 7.11 Å². The van der Waals surface area contributed by atoms with Crippen molar-refractivity contribution in [2.45, 2.75) is 32.9 Å². The van der Waals surface area contributed by atoms with E-state index in [1.165, 1.54) is 37.1 Å². The van der Waals surface area contributed by atoms with Crippen molar-refractivity contribution in [1.82, 2.24) is 4.90 Å². The Kier molecular flexibility index (Phi) is 4.61. The summed E-state index contributed by atoms with van der Waals surface area (Å²) >= 11 is 0. The maximum atomic E-state index is 5.71. The number of nitrogens with zero attached hydrogens (tertiary/aromatic N) is 1. The molecule has 2 N–H and O–H groups in total. The van der Waals surface area contributed by atoms with Gasteiger partial charge in [-0.25, -0.2) is 0 Å². The van der Waals surface area contributed by atoms with Crippen LogP contribution in [-0.4, -0.2) is 25.1 Å². The first-order valence-corrected chi connectivity index (χ1v) is 6.85. The van der Waals surface area contributed by atoms with Crippen LogP contribution >= 0.6 is 0 Å². The zero-order valence-electron chi connectivity index (χ0n) is 11.5. The Morgan fingerprint density at radius 1 is 1.44 bits per heavy atom. The molecule has 1 fully saturated rings. The summed E-state index contributed by atoms with van der Waals surface area (Å²) in [4.78, 5) is 2.52. The molecule has 100 valence electrons. The predicted molar refractivity (Wildman–Crippen MR) is 74.6 cm³/mol. The van der Waals surface area contributed by atoms with Crippen LogP contribution in [0.15, 0.2) is 18.2 Å². The van der Waals surface area contributed by atoms with Gasteiger partial charge in [0, 0.05) is 25.2 Å². The number of nitrogens with two attached hydrogens (primary N) is 1. The highest BCUT2D eigenvalue weighted by atomic mass is 16.5. The van der Waals surface area contributed by atoms with Gasteiger partial charge < -0.3 is 10.5 Å². The van der Waals surface area contributed by atoms with E-state index < -0.39 is 0 Å². The predicted octanol–water partition coefficient (Wildman–Crippen LogP) is 2.39. The van der Waals surface area contributed by atoms with Gasteiger partial charge in [0.15, 0.2) is 0 Å². The van der Waals surface area contributed by atoms with Crippen molar-refractivity contribution in [2.75, 3.05) is 20.2 Å². The minimum absolute atomic E-state index is 0.592. The Hall–Kier alpha value is -1.06. The van der Waals surface area contributed by atoms with Crippen LogP contribution in [0.4, 0.5) is 0 Å². The Morgan fingerprint density at radius 3 is 2.89 bits per heavy atom. The summed E-state index contributed by atoms with van der Waals surface area (Å²) in [6.07, 6.45) is 2.62. The molecule has 1 aromatic carbocycles. The maximum Gasteiger partial charge on any atom is 0.123 e. The molecule has 0 amide bonds. The number of likely N-dealkylation sites (tertiary alicyclic amines) is 1. The summed E-state index contributed by atoms with van der Waals surface area (Å²) < 4.78 is 5.44. The number of rotatable bonds is 5. The van der Waals surface area contributed by atoms with E-state index in [-0.39, 0.29) is 0 Å². The molecule has 1 aliphatic rings. The van der Waals surface area contributed by atoms with Gasteiger partial charge in [-0.15, -0.1) is 0 Å². The standard InChI is InChI=1S/C15H24N2O/c1-3-12-6-7-17(10-12)11-14-8-13(9-16)4-5-15(14)18-2/h4-5,8,12H,3,6-7,9-11,16H2,1-2H3. The van der Waals surface area contributed by atoms with Gasteiger partial charge in [-0.1, -0.05) is 19.4 Å². The van der Waals surface area contributed by atoms with Gasteiger partial charge in [0.2, 0.25) is 0 Å². The molecular weight excluding hydrogens is 224 g/mol. The molecule has 0 saturated carbocycles. The maximum absolute atomic E-state index is 5.71. The molecule has 1 aliphatic heterocycles. The second-order valence-electron chi connectivity index (χ2n) is 5.15. The Morgan fingerprint density at radius 2 is 2.28 bits per heavy atom. The zero-order valence-corrected chi connectivity index (χ0v) is 11.5. The second-order valence-corrected chi connectivity index (χ2v) is 5.15. The summed E-state index contributed by atoms with van der Waals surface area (Å²) in [5.74, 6) is 1.85. The molecule has 3 heteroatoms. The van der Waals surface area contributed by atoms with Gasteiger partial charge in [-0.3, -0.25) is 4.90 Å². The summed E-state index contributed by atoms with van der Waals surface area (Å²) in [5, 5.41) is 0. The normalized spacial score (nSPS) is 20.3. The molecule has 1 unspecified atom stereocenters. The highest BCUT2D eigenvalue weighted by Crippen LogP contribution is 2.25. The summed E-state index contributed by atoms with van der Waals surface area (Å²) in [7, 11) is 1.74. The molecule has 1 heterocycles. The summed E-state index contributed by atoms with van der Waals surface area (Å²) in [5.41, 5.74) is 8.15. The van der Waals surface area contributed by atoms with Crippen LogP contribution in [0.3, 0.4) is 0 Å². The Labute approximate surface area is 110 Å². The van der Waals surface area contributed by atoms with Gasteiger partial charge in [0.1, 0.15) is 5.75 Å². The largest absolute Gasteiger partial charge is 0.496 e. The molecule has 1 atom stereocenters. The minimum atomic E-state index is 0.592. The number of hydrogen-bond donors (Lipinski definition) is 1. The SMILES string of the molecule is CCC1CCN(Cc2cc(CN)ccc2OC)C1. The number of benzene rings is 1. The minimum Gasteiger partial charge on any atom is -0.496 e. The molecule has 0 aliphatic carbocycles. The third kappa shape index (κ3) is 3.03. The van der Waals surface area contributed by atoms with E-state index in [4.69, 9.17) is 10.5 Å². The van der Waals surface area contributed by atoms with Crippen LogP contribution in [0.25, 0.3) is 0 Å². The fourth-order valence-electron chi connectivity index (χ4n) is 2.71. The van der Waals surface area contributed by atoms with E-state index in [1.807, 2.05) is 12.1 Å². The second kappa shape index (κ2) is 6.21. The van der Waals surface area contributed by atoms with Crippen LogP contribution < -0.4 is 10.5 Å². The first-order chi connectivity index (χ1) is 8.76. The van der Waals surface area contributed by atoms with Crippen molar-refractivity contribution in [2.24, 2.45) is 11.7 Å². The van der Waals surface area contributed by atoms with E-state index in [9.17, 15) is 0 Å². The monoisotopic (exact) mass is 248 g/mol. The average Bonchev–Trinajstić information content (AvgIpc) is 2.86. The van der Waals surface area contributed by atoms with Crippen LogP contribution in [0, 0.1) is 5.92 Å². The highest BCUT2D eigenvalue weighted by molar-refractivity contribution is 5.37. The van der Waals surface area contributed by atoms with Gasteiger partial charge >= 0.3 is 0 Å². The van der Waals surface area contributed by atoms with Crippen LogP contribution in [0.2, 0.25) is 0 Å². The molecule has 1 saturated heterocycles. The lowest BCUT2D eigenvalue weighted by molar-refractivity contribution is 0.307. The first-order valence-electron chi connectivity index (χ1n) is 6.85. The Balaban J connectivity index is 2.07. The van der Waals surface area contributed by atoms with Crippen LogP contribution in [0.1, 0.15) is 30.9 Å². The molecule has 3 nitrogen and oxygen atoms in total. The van der Waals surface area contributed by atoms with Gasteiger partial charge in [-0.05, 0) is 36.6 Å². The van der Waals surface area contributed by atoms with Crippen molar-refractivity contribution in [1.29, 1.82) is 0 Å². The van der Waals surface area contributed by atoms with E-state index in [2.05, 4.69) is 17.9 Å². The summed E-state index contributed by atoms with van der Waals surface area (Å²) in [6.45, 7) is 6.27. The molecule has 1 aromatic rings.